The number of anilines is 1. The van der Waals surface area contributed by atoms with E-state index in [9.17, 15) is 4.79 Å². The van der Waals surface area contributed by atoms with E-state index in [-0.39, 0.29) is 5.91 Å². The Morgan fingerprint density at radius 2 is 2.33 bits per heavy atom. The molecule has 0 spiro atoms. The molecule has 0 aliphatic heterocycles. The van der Waals surface area contributed by atoms with Gasteiger partial charge in [0, 0.05) is 13.6 Å². The van der Waals surface area contributed by atoms with Gasteiger partial charge in [-0.05, 0) is 6.92 Å². The van der Waals surface area contributed by atoms with Crippen LogP contribution in [0.15, 0.2) is 12.5 Å². The highest BCUT2D eigenvalue weighted by Gasteiger charge is 2.14. The van der Waals surface area contributed by atoms with Crippen molar-refractivity contribution in [2.24, 2.45) is 7.05 Å². The fraction of sp³-hybridized carbons (Fsp3) is 0.400. The first-order valence-corrected chi connectivity index (χ1v) is 5.55. The van der Waals surface area contributed by atoms with Gasteiger partial charge in [-0.2, -0.15) is 5.10 Å². The molecule has 3 N–H and O–H groups in total. The Hall–Kier alpha value is -2.38. The highest BCUT2D eigenvalue weighted by atomic mass is 16.1. The van der Waals surface area contributed by atoms with E-state index in [1.807, 2.05) is 11.5 Å². The van der Waals surface area contributed by atoms with Gasteiger partial charge in [-0.25, -0.2) is 0 Å². The second-order valence-electron chi connectivity index (χ2n) is 3.78. The average Bonchev–Trinajstić information content (AvgIpc) is 2.94. The summed E-state index contributed by atoms with van der Waals surface area (Å²) in [6, 6.07) is 0. The molecule has 0 aromatic carbocycles. The van der Waals surface area contributed by atoms with Crippen LogP contribution in [-0.2, 0) is 20.1 Å². The van der Waals surface area contributed by atoms with Crippen LogP contribution in [0.4, 0.5) is 5.82 Å². The van der Waals surface area contributed by atoms with E-state index in [0.29, 0.717) is 23.8 Å². The molecule has 0 saturated carbocycles. The molecule has 0 fully saturated rings. The lowest BCUT2D eigenvalue weighted by Gasteiger charge is -2.05. The van der Waals surface area contributed by atoms with E-state index in [4.69, 9.17) is 5.73 Å². The third kappa shape index (κ3) is 2.17. The van der Waals surface area contributed by atoms with E-state index in [0.717, 1.165) is 6.54 Å². The number of nitrogens with zero attached hydrogens (tertiary/aromatic N) is 5. The van der Waals surface area contributed by atoms with Gasteiger partial charge in [0.15, 0.2) is 5.82 Å². The number of carbonyl (C=O) groups excluding carboxylic acids is 1. The predicted octanol–water partition coefficient (Wildman–Crippen LogP) is -0.456. The Kier molecular flexibility index (Phi) is 3.26. The van der Waals surface area contributed by atoms with Gasteiger partial charge in [-0.1, -0.05) is 0 Å². The maximum absolute atomic E-state index is 11.9. The van der Waals surface area contributed by atoms with Gasteiger partial charge in [0.1, 0.15) is 17.7 Å². The first kappa shape index (κ1) is 12.1. The lowest BCUT2D eigenvalue weighted by atomic mass is 10.3. The molecule has 0 bridgehead atoms. The number of aryl methyl sites for hydroxylation is 2. The molecule has 1 amide bonds. The molecule has 96 valence electrons. The van der Waals surface area contributed by atoms with E-state index in [1.54, 1.807) is 13.4 Å². The molecule has 0 aliphatic carbocycles. The van der Waals surface area contributed by atoms with Gasteiger partial charge >= 0.3 is 0 Å². The minimum Gasteiger partial charge on any atom is -0.383 e. The van der Waals surface area contributed by atoms with Crippen molar-refractivity contribution in [2.75, 3.05) is 5.73 Å². The summed E-state index contributed by atoms with van der Waals surface area (Å²) >= 11 is 0. The quantitative estimate of drug-likeness (QED) is 0.763. The zero-order chi connectivity index (χ0) is 13.1. The summed E-state index contributed by atoms with van der Waals surface area (Å²) in [7, 11) is 1.68. The highest BCUT2D eigenvalue weighted by molar-refractivity contribution is 5.98. The molecule has 2 rings (SSSR count). The minimum atomic E-state index is -0.272. The fourth-order valence-corrected chi connectivity index (χ4v) is 1.56. The molecule has 0 aliphatic rings. The Balaban J connectivity index is 2.03. The topological polar surface area (TPSA) is 104 Å². The molecule has 2 aromatic rings. The number of carbonyl (C=O) groups is 1. The monoisotopic (exact) mass is 249 g/mol. The van der Waals surface area contributed by atoms with Crippen LogP contribution in [0.3, 0.4) is 0 Å². The normalized spacial score (nSPS) is 10.6. The van der Waals surface area contributed by atoms with Gasteiger partial charge in [0.05, 0.1) is 12.7 Å². The van der Waals surface area contributed by atoms with Crippen LogP contribution >= 0.6 is 0 Å². The molecule has 8 heteroatoms. The first-order chi connectivity index (χ1) is 8.63. The zero-order valence-electron chi connectivity index (χ0n) is 10.3. The number of nitrogens with one attached hydrogen (secondary N) is 1. The van der Waals surface area contributed by atoms with Crippen molar-refractivity contribution in [3.8, 4) is 0 Å². The largest absolute Gasteiger partial charge is 0.383 e. The standard InChI is InChI=1S/C10H15N7O/c1-3-17-6-13-15-8(17)5-12-10(18)7-4-14-16(2)9(7)11/h4,6H,3,5,11H2,1-2H3,(H,12,18). The first-order valence-electron chi connectivity index (χ1n) is 5.55. The minimum absolute atomic E-state index is 0.272. The number of amides is 1. The molecular weight excluding hydrogens is 234 g/mol. The maximum atomic E-state index is 11.9. The predicted molar refractivity (Wildman–Crippen MR) is 64.5 cm³/mol. The van der Waals surface area contributed by atoms with E-state index in [1.165, 1.54) is 10.9 Å². The average molecular weight is 249 g/mol. The van der Waals surface area contributed by atoms with Gasteiger partial charge < -0.3 is 15.6 Å². The number of aromatic nitrogens is 5. The van der Waals surface area contributed by atoms with Gasteiger partial charge in [-0.3, -0.25) is 9.48 Å². The zero-order valence-corrected chi connectivity index (χ0v) is 10.3. The summed E-state index contributed by atoms with van der Waals surface area (Å²) in [6.07, 6.45) is 3.06. The molecule has 18 heavy (non-hydrogen) atoms. The van der Waals surface area contributed by atoms with Crippen LogP contribution in [0, 0.1) is 0 Å². The number of nitrogens with two attached hydrogens (primary N) is 1. The summed E-state index contributed by atoms with van der Waals surface area (Å²) in [5.41, 5.74) is 6.08. The van der Waals surface area contributed by atoms with Crippen LogP contribution in [0.2, 0.25) is 0 Å². The molecular formula is C10H15N7O. The molecule has 0 radical (unpaired) electrons. The Labute approximate surface area is 104 Å². The number of hydrogen-bond acceptors (Lipinski definition) is 5. The van der Waals surface area contributed by atoms with Gasteiger partial charge in [-0.15, -0.1) is 10.2 Å². The SMILES string of the molecule is CCn1cnnc1CNC(=O)c1cnn(C)c1N. The Bertz CT molecular complexity index is 556. The van der Waals surface area contributed by atoms with Crippen molar-refractivity contribution in [2.45, 2.75) is 20.0 Å². The van der Waals surface area contributed by atoms with Crippen LogP contribution in [0.1, 0.15) is 23.1 Å². The lowest BCUT2D eigenvalue weighted by Crippen LogP contribution is -2.25. The van der Waals surface area contributed by atoms with Gasteiger partial charge in [0.25, 0.3) is 5.91 Å². The van der Waals surface area contributed by atoms with Crippen molar-refractivity contribution in [1.29, 1.82) is 0 Å². The second kappa shape index (κ2) is 4.86. The highest BCUT2D eigenvalue weighted by Crippen LogP contribution is 2.08. The summed E-state index contributed by atoms with van der Waals surface area (Å²) < 4.78 is 3.30. The fourth-order valence-electron chi connectivity index (χ4n) is 1.56. The third-order valence-electron chi connectivity index (χ3n) is 2.67. The molecule has 0 saturated heterocycles. The van der Waals surface area contributed by atoms with Crippen molar-refractivity contribution >= 4 is 11.7 Å². The number of nitrogen functional groups attached to an aromatic ring is 1. The maximum Gasteiger partial charge on any atom is 0.257 e. The number of hydrogen-bond donors (Lipinski definition) is 2. The Morgan fingerprint density at radius 1 is 1.56 bits per heavy atom. The van der Waals surface area contributed by atoms with Crippen molar-refractivity contribution in [3.05, 3.63) is 23.9 Å². The lowest BCUT2D eigenvalue weighted by molar-refractivity contribution is 0.0950. The van der Waals surface area contributed by atoms with E-state index >= 15 is 0 Å². The summed E-state index contributed by atoms with van der Waals surface area (Å²) in [6.45, 7) is 3.04. The van der Waals surface area contributed by atoms with Crippen LogP contribution in [-0.4, -0.2) is 30.5 Å². The van der Waals surface area contributed by atoms with Crippen LogP contribution < -0.4 is 11.1 Å². The summed E-state index contributed by atoms with van der Waals surface area (Å²) in [5.74, 6) is 0.768. The molecule has 2 aromatic heterocycles. The summed E-state index contributed by atoms with van der Waals surface area (Å²) in [5, 5.41) is 14.4. The second-order valence-corrected chi connectivity index (χ2v) is 3.78. The smallest absolute Gasteiger partial charge is 0.257 e. The molecule has 2 heterocycles. The van der Waals surface area contributed by atoms with Crippen molar-refractivity contribution in [1.82, 2.24) is 29.9 Å². The van der Waals surface area contributed by atoms with Crippen LogP contribution in [0.25, 0.3) is 0 Å². The van der Waals surface area contributed by atoms with Crippen molar-refractivity contribution < 1.29 is 4.79 Å². The van der Waals surface area contributed by atoms with Crippen molar-refractivity contribution in [3.63, 3.8) is 0 Å². The third-order valence-corrected chi connectivity index (χ3v) is 2.67. The Morgan fingerprint density at radius 3 is 2.94 bits per heavy atom. The van der Waals surface area contributed by atoms with E-state index in [2.05, 4.69) is 20.6 Å². The molecule has 0 unspecified atom stereocenters. The van der Waals surface area contributed by atoms with Gasteiger partial charge in [0.2, 0.25) is 0 Å². The molecule has 0 atom stereocenters. The molecule has 8 nitrogen and oxygen atoms in total. The number of rotatable bonds is 4. The van der Waals surface area contributed by atoms with Crippen LogP contribution in [0.5, 0.6) is 0 Å². The van der Waals surface area contributed by atoms with E-state index < -0.39 is 0 Å². The summed E-state index contributed by atoms with van der Waals surface area (Å²) in [4.78, 5) is 11.9.